The lowest BCUT2D eigenvalue weighted by atomic mass is 10.1. The van der Waals surface area contributed by atoms with Gasteiger partial charge in [-0.2, -0.15) is 0 Å². The summed E-state index contributed by atoms with van der Waals surface area (Å²) in [6, 6.07) is 0. The molecule has 0 aromatic carbocycles. The van der Waals surface area contributed by atoms with E-state index in [1.165, 1.54) is 13.8 Å². The summed E-state index contributed by atoms with van der Waals surface area (Å²) in [5.41, 5.74) is 0. The van der Waals surface area contributed by atoms with E-state index in [0.29, 0.717) is 25.9 Å². The monoisotopic (exact) mass is 269 g/mol. The molecule has 1 saturated heterocycles. The maximum atomic E-state index is 11.6. The third kappa shape index (κ3) is 5.63. The molecule has 0 saturated carbocycles. The number of ketones is 2. The van der Waals surface area contributed by atoms with Crippen LogP contribution >= 0.6 is 0 Å². The topological polar surface area (TPSA) is 80.8 Å². The number of piperidine rings is 1. The van der Waals surface area contributed by atoms with E-state index in [1.54, 1.807) is 4.90 Å². The van der Waals surface area contributed by atoms with Crippen LogP contribution in [-0.4, -0.2) is 47.5 Å². The van der Waals surface area contributed by atoms with E-state index >= 15 is 0 Å². The van der Waals surface area contributed by atoms with E-state index < -0.39 is 5.97 Å². The van der Waals surface area contributed by atoms with Gasteiger partial charge in [-0.05, 0) is 13.8 Å². The van der Waals surface area contributed by atoms with E-state index in [-0.39, 0.29) is 36.4 Å². The van der Waals surface area contributed by atoms with Gasteiger partial charge in [-0.15, -0.1) is 0 Å². The Kier molecular flexibility index (Phi) is 5.66. The Bertz CT molecular complexity index is 382. The summed E-state index contributed by atoms with van der Waals surface area (Å²) >= 11 is 0. The van der Waals surface area contributed by atoms with Gasteiger partial charge in [0.15, 0.2) is 0 Å². The number of amides is 1. The number of carbonyl (C=O) groups excluding carboxylic acids is 4. The molecule has 0 aromatic rings. The molecule has 1 rings (SSSR count). The van der Waals surface area contributed by atoms with Crippen molar-refractivity contribution >= 4 is 23.4 Å². The number of rotatable bonds is 5. The number of hydrogen-bond donors (Lipinski definition) is 0. The molecule has 1 aliphatic rings. The molecule has 106 valence electrons. The first-order valence-corrected chi connectivity index (χ1v) is 6.34. The molecule has 6 nitrogen and oxygen atoms in total. The van der Waals surface area contributed by atoms with Gasteiger partial charge in [0.2, 0.25) is 5.91 Å². The number of nitrogens with zero attached hydrogens (tertiary/aromatic N) is 1. The lowest BCUT2D eigenvalue weighted by Gasteiger charge is -2.31. The van der Waals surface area contributed by atoms with Crippen LogP contribution in [0.3, 0.4) is 0 Å². The second kappa shape index (κ2) is 7.01. The van der Waals surface area contributed by atoms with Crippen molar-refractivity contribution in [3.05, 3.63) is 0 Å². The van der Waals surface area contributed by atoms with Crippen LogP contribution in [0.2, 0.25) is 0 Å². The summed E-state index contributed by atoms with van der Waals surface area (Å²) in [5, 5.41) is 0. The third-order valence-corrected chi connectivity index (χ3v) is 2.89. The average molecular weight is 269 g/mol. The molecule has 0 aliphatic carbocycles. The Morgan fingerprint density at radius 3 is 2.00 bits per heavy atom. The van der Waals surface area contributed by atoms with Gasteiger partial charge in [0.05, 0.1) is 6.42 Å². The molecular formula is C13H19NO5. The van der Waals surface area contributed by atoms with E-state index in [4.69, 9.17) is 4.74 Å². The Morgan fingerprint density at radius 2 is 1.53 bits per heavy atom. The number of carbonyl (C=O) groups is 4. The lowest BCUT2D eigenvalue weighted by Crippen LogP contribution is -2.42. The van der Waals surface area contributed by atoms with Crippen molar-refractivity contribution in [2.45, 2.75) is 45.6 Å². The summed E-state index contributed by atoms with van der Waals surface area (Å²) in [6.45, 7) is 3.67. The molecule has 0 N–H and O–H groups in total. The minimum atomic E-state index is -0.513. The van der Waals surface area contributed by atoms with E-state index in [2.05, 4.69) is 0 Å². The quantitative estimate of drug-likeness (QED) is 0.535. The maximum absolute atomic E-state index is 11.6. The van der Waals surface area contributed by atoms with E-state index in [9.17, 15) is 19.2 Å². The second-order valence-electron chi connectivity index (χ2n) is 4.83. The molecule has 0 bridgehead atoms. The standard InChI is InChI=1S/C13H19NO5/c1-9(15)7-12(17)14-5-3-11(4-6-14)19-13(18)8-10(2)16/h11H,3-8H2,1-2H3. The SMILES string of the molecule is CC(=O)CC(=O)OC1CCN(C(=O)CC(C)=O)CC1. The van der Waals surface area contributed by atoms with Crippen LogP contribution in [0.1, 0.15) is 39.5 Å². The van der Waals surface area contributed by atoms with Gasteiger partial charge in [-0.25, -0.2) is 0 Å². The first-order valence-electron chi connectivity index (χ1n) is 6.34. The minimum Gasteiger partial charge on any atom is -0.462 e. The van der Waals surface area contributed by atoms with Gasteiger partial charge in [0, 0.05) is 25.9 Å². The van der Waals surface area contributed by atoms with Crippen LogP contribution in [0.25, 0.3) is 0 Å². The van der Waals surface area contributed by atoms with Crippen molar-refractivity contribution in [2.24, 2.45) is 0 Å². The van der Waals surface area contributed by atoms with Crippen molar-refractivity contribution in [1.82, 2.24) is 4.90 Å². The highest BCUT2D eigenvalue weighted by Crippen LogP contribution is 2.15. The number of esters is 1. The van der Waals surface area contributed by atoms with Crippen LogP contribution in [0.4, 0.5) is 0 Å². The highest BCUT2D eigenvalue weighted by atomic mass is 16.5. The third-order valence-electron chi connectivity index (χ3n) is 2.89. The molecule has 0 radical (unpaired) electrons. The average Bonchev–Trinajstić information content (AvgIpc) is 2.27. The van der Waals surface area contributed by atoms with E-state index in [1.807, 2.05) is 0 Å². The summed E-state index contributed by atoms with van der Waals surface area (Å²) in [4.78, 5) is 46.2. The van der Waals surface area contributed by atoms with E-state index in [0.717, 1.165) is 0 Å². The smallest absolute Gasteiger partial charge is 0.313 e. The zero-order valence-corrected chi connectivity index (χ0v) is 11.3. The highest BCUT2D eigenvalue weighted by molar-refractivity contribution is 5.96. The molecule has 6 heteroatoms. The molecule has 1 fully saturated rings. The predicted octanol–water partition coefficient (Wildman–Crippen LogP) is 0.479. The van der Waals surface area contributed by atoms with Crippen LogP contribution in [-0.2, 0) is 23.9 Å². The number of likely N-dealkylation sites (tertiary alicyclic amines) is 1. The number of ether oxygens (including phenoxy) is 1. The molecule has 1 heterocycles. The first kappa shape index (κ1) is 15.3. The zero-order chi connectivity index (χ0) is 14.4. The predicted molar refractivity (Wildman–Crippen MR) is 66.3 cm³/mol. The summed E-state index contributed by atoms with van der Waals surface area (Å²) in [5.74, 6) is -1.07. The van der Waals surface area contributed by atoms with Crippen molar-refractivity contribution < 1.29 is 23.9 Å². The van der Waals surface area contributed by atoms with Gasteiger partial charge >= 0.3 is 5.97 Å². The van der Waals surface area contributed by atoms with Gasteiger partial charge in [-0.3, -0.25) is 19.2 Å². The van der Waals surface area contributed by atoms with Gasteiger partial charge in [-0.1, -0.05) is 0 Å². The van der Waals surface area contributed by atoms with Crippen molar-refractivity contribution in [1.29, 1.82) is 0 Å². The Balaban J connectivity index is 2.32. The summed E-state index contributed by atoms with van der Waals surface area (Å²) < 4.78 is 5.15. The number of Topliss-reactive ketones (excluding diaryl/α,β-unsaturated/α-hetero) is 2. The molecule has 1 amide bonds. The Hall–Kier alpha value is -1.72. The Morgan fingerprint density at radius 1 is 1.00 bits per heavy atom. The molecule has 1 aliphatic heterocycles. The second-order valence-corrected chi connectivity index (χ2v) is 4.83. The Labute approximate surface area is 112 Å². The molecular weight excluding hydrogens is 250 g/mol. The van der Waals surface area contributed by atoms with Crippen LogP contribution in [0.5, 0.6) is 0 Å². The van der Waals surface area contributed by atoms with Crippen LogP contribution < -0.4 is 0 Å². The van der Waals surface area contributed by atoms with Gasteiger partial charge < -0.3 is 9.64 Å². The van der Waals surface area contributed by atoms with Crippen LogP contribution in [0, 0.1) is 0 Å². The van der Waals surface area contributed by atoms with Crippen molar-refractivity contribution in [3.63, 3.8) is 0 Å². The van der Waals surface area contributed by atoms with Crippen LogP contribution in [0.15, 0.2) is 0 Å². The normalized spacial score (nSPS) is 16.0. The minimum absolute atomic E-state index is 0.0746. The first-order chi connectivity index (χ1) is 8.88. The fraction of sp³-hybridized carbons (Fsp3) is 0.692. The molecule has 0 spiro atoms. The zero-order valence-electron chi connectivity index (χ0n) is 11.3. The molecule has 19 heavy (non-hydrogen) atoms. The molecule has 0 aromatic heterocycles. The fourth-order valence-electron chi connectivity index (χ4n) is 1.98. The van der Waals surface area contributed by atoms with Gasteiger partial charge in [0.25, 0.3) is 0 Å². The van der Waals surface area contributed by atoms with Gasteiger partial charge in [0.1, 0.15) is 24.1 Å². The summed E-state index contributed by atoms with van der Waals surface area (Å²) in [7, 11) is 0. The lowest BCUT2D eigenvalue weighted by molar-refractivity contribution is -0.153. The summed E-state index contributed by atoms with van der Waals surface area (Å²) in [6.07, 6.45) is 0.576. The molecule has 0 unspecified atom stereocenters. The highest BCUT2D eigenvalue weighted by Gasteiger charge is 2.25. The maximum Gasteiger partial charge on any atom is 0.313 e. The molecule has 0 atom stereocenters. The van der Waals surface area contributed by atoms with Crippen molar-refractivity contribution in [2.75, 3.05) is 13.1 Å². The fourth-order valence-corrected chi connectivity index (χ4v) is 1.98. The van der Waals surface area contributed by atoms with Crippen molar-refractivity contribution in [3.8, 4) is 0 Å². The largest absolute Gasteiger partial charge is 0.462 e. The number of hydrogen-bond acceptors (Lipinski definition) is 5.